The lowest BCUT2D eigenvalue weighted by Gasteiger charge is -2.33. The molecule has 0 saturated carbocycles. The molecule has 1 aromatic heterocycles. The third-order valence-electron chi connectivity index (χ3n) is 4.03. The van der Waals surface area contributed by atoms with Crippen LogP contribution in [0.2, 0.25) is 0 Å². The third-order valence-corrected chi connectivity index (χ3v) is 4.03. The van der Waals surface area contributed by atoms with Crippen LogP contribution in [0.1, 0.15) is 32.3 Å². The molecule has 118 valence electrons. The first-order valence-corrected chi connectivity index (χ1v) is 8.10. The first kappa shape index (κ1) is 16.2. The van der Waals surface area contributed by atoms with Crippen molar-refractivity contribution in [3.8, 4) is 5.88 Å². The molecule has 1 N–H and O–H groups in total. The van der Waals surface area contributed by atoms with Crippen LogP contribution in [0, 0.1) is 11.8 Å². The number of hydrogen-bond acceptors (Lipinski definition) is 4. The number of nitrogens with zero attached hydrogens (tertiary/aromatic N) is 2. The van der Waals surface area contributed by atoms with Crippen molar-refractivity contribution in [1.82, 2.24) is 15.2 Å². The van der Waals surface area contributed by atoms with Gasteiger partial charge in [0.05, 0.1) is 7.11 Å². The minimum absolute atomic E-state index is 0.726. The summed E-state index contributed by atoms with van der Waals surface area (Å²) in [6.45, 7) is 10.1. The Morgan fingerprint density at radius 3 is 3.10 bits per heavy atom. The summed E-state index contributed by atoms with van der Waals surface area (Å²) < 4.78 is 5.35. The third kappa shape index (κ3) is 5.29. The molecule has 1 aliphatic heterocycles. The van der Waals surface area contributed by atoms with E-state index in [4.69, 9.17) is 4.74 Å². The van der Waals surface area contributed by atoms with Gasteiger partial charge in [-0.2, -0.15) is 0 Å². The molecule has 4 heteroatoms. The monoisotopic (exact) mass is 291 g/mol. The van der Waals surface area contributed by atoms with Crippen LogP contribution in [0.4, 0.5) is 0 Å². The summed E-state index contributed by atoms with van der Waals surface area (Å²) in [5.41, 5.74) is 1.19. The molecule has 0 bridgehead atoms. The van der Waals surface area contributed by atoms with Gasteiger partial charge in [-0.15, -0.1) is 0 Å². The van der Waals surface area contributed by atoms with Crippen LogP contribution in [0.5, 0.6) is 5.88 Å². The number of rotatable bonds is 7. The fourth-order valence-corrected chi connectivity index (χ4v) is 3.01. The number of aromatic nitrogens is 1. The van der Waals surface area contributed by atoms with Crippen molar-refractivity contribution in [3.63, 3.8) is 0 Å². The van der Waals surface area contributed by atoms with Crippen molar-refractivity contribution in [2.75, 3.05) is 33.3 Å². The summed E-state index contributed by atoms with van der Waals surface area (Å²) in [7, 11) is 1.70. The Kier molecular flexibility index (Phi) is 6.46. The molecule has 0 radical (unpaired) electrons. The smallest absolute Gasteiger partial charge is 0.217 e. The average molecular weight is 291 g/mol. The zero-order valence-corrected chi connectivity index (χ0v) is 13.6. The van der Waals surface area contributed by atoms with E-state index in [9.17, 15) is 0 Å². The molecule has 1 fully saturated rings. The second-order valence-corrected chi connectivity index (χ2v) is 6.47. The molecule has 4 nitrogen and oxygen atoms in total. The molecule has 1 aliphatic rings. The van der Waals surface area contributed by atoms with Crippen LogP contribution in [0.3, 0.4) is 0 Å². The minimum Gasteiger partial charge on any atom is -0.481 e. The van der Waals surface area contributed by atoms with Gasteiger partial charge in [0.2, 0.25) is 5.88 Å². The van der Waals surface area contributed by atoms with Gasteiger partial charge < -0.3 is 10.1 Å². The van der Waals surface area contributed by atoms with Gasteiger partial charge in [-0.1, -0.05) is 19.9 Å². The van der Waals surface area contributed by atoms with Gasteiger partial charge >= 0.3 is 0 Å². The van der Waals surface area contributed by atoms with E-state index in [1.165, 1.54) is 31.5 Å². The number of likely N-dealkylation sites (tertiary alicyclic amines) is 1. The molecule has 0 spiro atoms. The van der Waals surface area contributed by atoms with Gasteiger partial charge in [-0.3, -0.25) is 4.90 Å². The molecule has 21 heavy (non-hydrogen) atoms. The predicted molar refractivity (Wildman–Crippen MR) is 86.5 cm³/mol. The molecule has 0 aliphatic carbocycles. The number of hydrogen-bond donors (Lipinski definition) is 1. The predicted octanol–water partition coefficient (Wildman–Crippen LogP) is 2.55. The highest BCUT2D eigenvalue weighted by molar-refractivity contribution is 5.25. The van der Waals surface area contributed by atoms with Crippen molar-refractivity contribution in [3.05, 3.63) is 23.9 Å². The summed E-state index contributed by atoms with van der Waals surface area (Å²) in [5.74, 6) is 2.25. The molecule has 0 amide bonds. The van der Waals surface area contributed by atoms with E-state index in [2.05, 4.69) is 35.1 Å². The van der Waals surface area contributed by atoms with Gasteiger partial charge in [-0.25, -0.2) is 4.98 Å². The van der Waals surface area contributed by atoms with Crippen molar-refractivity contribution in [2.24, 2.45) is 11.8 Å². The maximum Gasteiger partial charge on any atom is 0.217 e. The summed E-state index contributed by atoms with van der Waals surface area (Å²) >= 11 is 0. The lowest BCUT2D eigenvalue weighted by molar-refractivity contribution is 0.163. The van der Waals surface area contributed by atoms with E-state index in [0.29, 0.717) is 0 Å². The van der Waals surface area contributed by atoms with E-state index in [1.54, 1.807) is 13.3 Å². The summed E-state index contributed by atoms with van der Waals surface area (Å²) in [5, 5.41) is 3.60. The van der Waals surface area contributed by atoms with Crippen molar-refractivity contribution >= 4 is 0 Å². The fraction of sp³-hybridized carbons (Fsp3) is 0.706. The Morgan fingerprint density at radius 1 is 1.48 bits per heavy atom. The van der Waals surface area contributed by atoms with Crippen molar-refractivity contribution < 1.29 is 4.74 Å². The lowest BCUT2D eigenvalue weighted by atomic mass is 9.97. The van der Waals surface area contributed by atoms with Gasteiger partial charge in [0.15, 0.2) is 0 Å². The van der Waals surface area contributed by atoms with Gasteiger partial charge in [0.1, 0.15) is 0 Å². The zero-order valence-electron chi connectivity index (χ0n) is 13.6. The Bertz CT molecular complexity index is 422. The number of pyridine rings is 1. The highest BCUT2D eigenvalue weighted by Gasteiger charge is 2.20. The Morgan fingerprint density at radius 2 is 2.33 bits per heavy atom. The first-order chi connectivity index (χ1) is 10.2. The standard InChI is InChI=1S/C17H29N3O/c1-14(2)10-18-11-15-6-5-9-20(12-15)13-16-7-4-8-19-17(16)21-3/h4,7-8,14-15,18H,5-6,9-13H2,1-3H3. The molecular formula is C17H29N3O. The zero-order chi connectivity index (χ0) is 15.1. The number of piperidine rings is 1. The van der Waals surface area contributed by atoms with E-state index in [0.717, 1.165) is 37.4 Å². The van der Waals surface area contributed by atoms with Crippen LogP contribution in [0.25, 0.3) is 0 Å². The fourth-order valence-electron chi connectivity index (χ4n) is 3.01. The largest absolute Gasteiger partial charge is 0.481 e. The molecule has 1 atom stereocenters. The maximum absolute atomic E-state index is 5.35. The highest BCUT2D eigenvalue weighted by atomic mass is 16.5. The molecular weight excluding hydrogens is 262 g/mol. The highest BCUT2D eigenvalue weighted by Crippen LogP contribution is 2.21. The molecule has 1 unspecified atom stereocenters. The average Bonchev–Trinajstić information content (AvgIpc) is 2.48. The van der Waals surface area contributed by atoms with Gasteiger partial charge in [0.25, 0.3) is 0 Å². The number of ether oxygens (including phenoxy) is 1. The van der Waals surface area contributed by atoms with E-state index in [1.807, 2.05) is 6.07 Å². The number of methoxy groups -OCH3 is 1. The second kappa shape index (κ2) is 8.35. The quantitative estimate of drug-likeness (QED) is 0.838. The van der Waals surface area contributed by atoms with Crippen LogP contribution in [-0.2, 0) is 6.54 Å². The van der Waals surface area contributed by atoms with Crippen molar-refractivity contribution in [2.45, 2.75) is 33.2 Å². The second-order valence-electron chi connectivity index (χ2n) is 6.47. The summed E-state index contributed by atoms with van der Waals surface area (Å²) in [6, 6.07) is 4.11. The Balaban J connectivity index is 1.83. The van der Waals surface area contributed by atoms with Crippen LogP contribution in [0.15, 0.2) is 18.3 Å². The summed E-state index contributed by atoms with van der Waals surface area (Å²) in [4.78, 5) is 6.82. The number of nitrogens with one attached hydrogen (secondary N) is 1. The van der Waals surface area contributed by atoms with Crippen LogP contribution < -0.4 is 10.1 Å². The van der Waals surface area contributed by atoms with Crippen LogP contribution in [-0.4, -0.2) is 43.2 Å². The SMILES string of the molecule is COc1ncccc1CN1CCCC(CNCC(C)C)C1. The Labute approximate surface area is 128 Å². The first-order valence-electron chi connectivity index (χ1n) is 8.10. The topological polar surface area (TPSA) is 37.4 Å². The van der Waals surface area contributed by atoms with Gasteiger partial charge in [0, 0.05) is 24.8 Å². The van der Waals surface area contributed by atoms with E-state index in [-0.39, 0.29) is 0 Å². The van der Waals surface area contributed by atoms with Gasteiger partial charge in [-0.05, 0) is 50.4 Å². The molecule has 1 saturated heterocycles. The maximum atomic E-state index is 5.35. The molecule has 2 heterocycles. The van der Waals surface area contributed by atoms with Crippen molar-refractivity contribution in [1.29, 1.82) is 0 Å². The molecule has 0 aromatic carbocycles. The normalized spacial score (nSPS) is 19.9. The van der Waals surface area contributed by atoms with E-state index >= 15 is 0 Å². The molecule has 1 aromatic rings. The van der Waals surface area contributed by atoms with E-state index < -0.39 is 0 Å². The lowest BCUT2D eigenvalue weighted by Crippen LogP contribution is -2.39. The minimum atomic E-state index is 0.726. The summed E-state index contributed by atoms with van der Waals surface area (Å²) in [6.07, 6.45) is 4.42. The molecule has 2 rings (SSSR count). The van der Waals surface area contributed by atoms with Crippen LogP contribution >= 0.6 is 0 Å². The Hall–Kier alpha value is -1.13.